The van der Waals surface area contributed by atoms with Crippen LogP contribution < -0.4 is 11.1 Å². The van der Waals surface area contributed by atoms with Crippen LogP contribution in [0.1, 0.15) is 38.3 Å². The number of aromatic hydroxyl groups is 1. The van der Waals surface area contributed by atoms with E-state index in [-0.39, 0.29) is 17.1 Å². The monoisotopic (exact) mass is 415 g/mol. The van der Waals surface area contributed by atoms with Crippen LogP contribution in [-0.2, 0) is 16.6 Å². The molecular weight excluding hydrogens is 390 g/mol. The summed E-state index contributed by atoms with van der Waals surface area (Å²) in [6, 6.07) is 9.03. The van der Waals surface area contributed by atoms with Gasteiger partial charge in [0.15, 0.2) is 0 Å². The lowest BCUT2D eigenvalue weighted by Gasteiger charge is -2.23. The number of hydrogen-bond donors (Lipinski definition) is 3. The van der Waals surface area contributed by atoms with Gasteiger partial charge in [-0.1, -0.05) is 38.4 Å². The summed E-state index contributed by atoms with van der Waals surface area (Å²) in [4.78, 5) is 13.4. The average Bonchev–Trinajstić information content (AvgIpc) is 3.07. The molecule has 4 N–H and O–H groups in total. The zero-order valence-electron chi connectivity index (χ0n) is 16.9. The highest BCUT2D eigenvalue weighted by Gasteiger charge is 2.23. The molecule has 0 saturated carbocycles. The second-order valence-corrected chi connectivity index (χ2v) is 8.46. The van der Waals surface area contributed by atoms with Crippen LogP contribution in [0, 0.1) is 0 Å². The molecule has 0 aliphatic heterocycles. The molecule has 0 unspecified atom stereocenters. The van der Waals surface area contributed by atoms with E-state index in [1.807, 2.05) is 32.9 Å². The first-order chi connectivity index (χ1) is 13.7. The van der Waals surface area contributed by atoms with Crippen molar-refractivity contribution in [2.24, 2.45) is 5.73 Å². The van der Waals surface area contributed by atoms with Crippen LogP contribution in [0.3, 0.4) is 0 Å². The number of aryl methyl sites for hydroxylation is 1. The first-order valence-electron chi connectivity index (χ1n) is 9.55. The van der Waals surface area contributed by atoms with Gasteiger partial charge in [0.25, 0.3) is 0 Å². The van der Waals surface area contributed by atoms with E-state index < -0.39 is 0 Å². The summed E-state index contributed by atoms with van der Waals surface area (Å²) in [5, 5.41) is 23.2. The van der Waals surface area contributed by atoms with Gasteiger partial charge in [0, 0.05) is 30.1 Å². The van der Waals surface area contributed by atoms with Gasteiger partial charge in [-0.05, 0) is 41.7 Å². The highest BCUT2D eigenvalue weighted by Crippen LogP contribution is 2.36. The number of hydrogen-bond acceptors (Lipinski definition) is 5. The van der Waals surface area contributed by atoms with Crippen molar-refractivity contribution in [1.82, 2.24) is 20.3 Å². The van der Waals surface area contributed by atoms with Crippen LogP contribution in [0.5, 0.6) is 5.75 Å². The molecule has 8 heteroatoms. The van der Waals surface area contributed by atoms with E-state index in [1.165, 1.54) is 4.80 Å². The third-order valence-corrected chi connectivity index (χ3v) is 4.86. The molecule has 0 aliphatic carbocycles. The molecule has 0 saturated heterocycles. The fraction of sp³-hybridized carbons (Fsp3) is 0.381. The van der Waals surface area contributed by atoms with Crippen LogP contribution in [-0.4, -0.2) is 39.1 Å². The molecule has 1 aromatic heterocycles. The summed E-state index contributed by atoms with van der Waals surface area (Å²) in [6.07, 6.45) is 0.858. The number of phenolic OH excluding ortho intramolecular Hbond substituents is 1. The summed E-state index contributed by atoms with van der Waals surface area (Å²) < 4.78 is 0. The Hall–Kier alpha value is -2.64. The van der Waals surface area contributed by atoms with Crippen molar-refractivity contribution in [2.45, 2.75) is 39.0 Å². The molecule has 3 rings (SSSR count). The first-order valence-corrected chi connectivity index (χ1v) is 9.93. The standard InChI is InChI=1S/C21H26ClN5O2/c1-21(2,3)15-10-13(4-7-19(28)24-9-8-23)11-18(20(15)29)27-25-16-6-5-14(22)12-17(16)26-27/h5-6,10-12,29H,4,7-9,23H2,1-3H3,(H,24,28). The van der Waals surface area contributed by atoms with Crippen molar-refractivity contribution in [3.05, 3.63) is 46.5 Å². The van der Waals surface area contributed by atoms with Crippen molar-refractivity contribution in [3.8, 4) is 11.4 Å². The summed E-state index contributed by atoms with van der Waals surface area (Å²) in [5.74, 6) is 0.0696. The molecule has 2 aromatic carbocycles. The molecule has 1 heterocycles. The topological polar surface area (TPSA) is 106 Å². The largest absolute Gasteiger partial charge is 0.505 e. The third-order valence-electron chi connectivity index (χ3n) is 4.62. The maximum absolute atomic E-state index is 12.0. The first kappa shape index (κ1) is 21.1. The molecular formula is C21H26ClN5O2. The van der Waals surface area contributed by atoms with Gasteiger partial charge in [0.1, 0.15) is 22.5 Å². The minimum Gasteiger partial charge on any atom is -0.505 e. The molecule has 29 heavy (non-hydrogen) atoms. The minimum absolute atomic E-state index is 0.0556. The second kappa shape index (κ2) is 8.39. The smallest absolute Gasteiger partial charge is 0.220 e. The number of carbonyl (C=O) groups is 1. The van der Waals surface area contributed by atoms with Gasteiger partial charge in [-0.3, -0.25) is 4.79 Å². The normalized spacial score (nSPS) is 11.8. The van der Waals surface area contributed by atoms with Gasteiger partial charge in [-0.2, -0.15) is 0 Å². The maximum Gasteiger partial charge on any atom is 0.220 e. The highest BCUT2D eigenvalue weighted by atomic mass is 35.5. The van der Waals surface area contributed by atoms with E-state index in [1.54, 1.807) is 18.2 Å². The van der Waals surface area contributed by atoms with Gasteiger partial charge in [0.05, 0.1) is 0 Å². The summed E-state index contributed by atoms with van der Waals surface area (Å²) in [7, 11) is 0. The summed E-state index contributed by atoms with van der Waals surface area (Å²) in [5.41, 5.74) is 8.61. The fourth-order valence-electron chi connectivity index (χ4n) is 3.10. The molecule has 154 valence electrons. The Balaban J connectivity index is 2.01. The Morgan fingerprint density at radius 1 is 1.21 bits per heavy atom. The predicted molar refractivity (Wildman–Crippen MR) is 115 cm³/mol. The van der Waals surface area contributed by atoms with Crippen LogP contribution in [0.25, 0.3) is 16.7 Å². The quantitative estimate of drug-likeness (QED) is 0.573. The van der Waals surface area contributed by atoms with E-state index in [2.05, 4.69) is 15.5 Å². The molecule has 0 fully saturated rings. The third kappa shape index (κ3) is 4.86. The Labute approximate surface area is 174 Å². The van der Waals surface area contributed by atoms with Crippen LogP contribution in [0.2, 0.25) is 5.02 Å². The Bertz CT molecular complexity index is 1040. The van der Waals surface area contributed by atoms with Crippen LogP contribution in [0.4, 0.5) is 0 Å². The van der Waals surface area contributed by atoms with Crippen molar-refractivity contribution in [3.63, 3.8) is 0 Å². The number of nitrogens with zero attached hydrogens (tertiary/aromatic N) is 3. The number of benzene rings is 2. The lowest BCUT2D eigenvalue weighted by atomic mass is 9.84. The van der Waals surface area contributed by atoms with E-state index in [0.717, 1.165) is 11.1 Å². The number of phenols is 1. The lowest BCUT2D eigenvalue weighted by molar-refractivity contribution is -0.120. The SMILES string of the molecule is CC(C)(C)c1cc(CCC(=O)NCCN)cc(-n2nc3ccc(Cl)cc3n2)c1O. The summed E-state index contributed by atoms with van der Waals surface area (Å²) in [6.45, 7) is 6.94. The number of fused-ring (bicyclic) bond motifs is 1. The number of halogens is 1. The van der Waals surface area contributed by atoms with E-state index >= 15 is 0 Å². The van der Waals surface area contributed by atoms with Gasteiger partial charge < -0.3 is 16.2 Å². The number of aromatic nitrogens is 3. The molecule has 7 nitrogen and oxygen atoms in total. The number of amides is 1. The average molecular weight is 416 g/mol. The van der Waals surface area contributed by atoms with Crippen molar-refractivity contribution >= 4 is 28.5 Å². The van der Waals surface area contributed by atoms with Gasteiger partial charge in [-0.25, -0.2) is 0 Å². The molecule has 0 spiro atoms. The maximum atomic E-state index is 12.0. The fourth-order valence-corrected chi connectivity index (χ4v) is 3.27. The molecule has 0 bridgehead atoms. The molecule has 0 radical (unpaired) electrons. The Kier molecular flexibility index (Phi) is 6.10. The lowest BCUT2D eigenvalue weighted by Crippen LogP contribution is -2.29. The molecule has 1 amide bonds. The zero-order chi connectivity index (χ0) is 21.2. The number of nitrogens with one attached hydrogen (secondary N) is 1. The van der Waals surface area contributed by atoms with E-state index in [0.29, 0.717) is 47.7 Å². The Morgan fingerprint density at radius 2 is 1.93 bits per heavy atom. The van der Waals surface area contributed by atoms with Gasteiger partial charge in [-0.15, -0.1) is 15.0 Å². The van der Waals surface area contributed by atoms with Crippen LogP contribution in [0.15, 0.2) is 30.3 Å². The van der Waals surface area contributed by atoms with Crippen molar-refractivity contribution < 1.29 is 9.90 Å². The van der Waals surface area contributed by atoms with Gasteiger partial charge >= 0.3 is 0 Å². The number of nitrogens with two attached hydrogens (primary N) is 1. The molecule has 3 aromatic rings. The predicted octanol–water partition coefficient (Wildman–Crippen LogP) is 3.08. The Morgan fingerprint density at radius 3 is 2.62 bits per heavy atom. The molecule has 0 aliphatic rings. The number of carbonyl (C=O) groups excluding carboxylic acids is 1. The number of rotatable bonds is 6. The van der Waals surface area contributed by atoms with Crippen LogP contribution >= 0.6 is 11.6 Å². The van der Waals surface area contributed by atoms with Crippen molar-refractivity contribution in [2.75, 3.05) is 13.1 Å². The van der Waals surface area contributed by atoms with Gasteiger partial charge in [0.2, 0.25) is 5.91 Å². The van der Waals surface area contributed by atoms with Crippen molar-refractivity contribution in [1.29, 1.82) is 0 Å². The summed E-state index contributed by atoms with van der Waals surface area (Å²) >= 11 is 6.05. The second-order valence-electron chi connectivity index (χ2n) is 8.02. The highest BCUT2D eigenvalue weighted by molar-refractivity contribution is 6.31. The molecule has 0 atom stereocenters. The minimum atomic E-state index is -0.299. The zero-order valence-corrected chi connectivity index (χ0v) is 17.6. The van der Waals surface area contributed by atoms with E-state index in [9.17, 15) is 9.90 Å². The van der Waals surface area contributed by atoms with E-state index in [4.69, 9.17) is 17.3 Å².